The van der Waals surface area contributed by atoms with Gasteiger partial charge in [0.15, 0.2) is 0 Å². The number of rotatable bonds is 4. The maximum atomic E-state index is 11.2. The second kappa shape index (κ2) is 3.77. The normalized spacial score (nSPS) is 25.3. The molecule has 1 unspecified atom stereocenters. The van der Waals surface area contributed by atoms with Gasteiger partial charge in [-0.2, -0.15) is 0 Å². The summed E-state index contributed by atoms with van der Waals surface area (Å²) in [6, 6.07) is 0. The number of esters is 1. The summed E-state index contributed by atoms with van der Waals surface area (Å²) < 4.78 is 5.36. The summed E-state index contributed by atoms with van der Waals surface area (Å²) in [6.07, 6.45) is 5.82. The monoisotopic (exact) mass is 180 g/mol. The fourth-order valence-electron chi connectivity index (χ4n) is 1.86. The van der Waals surface area contributed by atoms with Crippen LogP contribution in [0.5, 0.6) is 0 Å². The maximum absolute atomic E-state index is 11.2. The zero-order chi connectivity index (χ0) is 9.90. The zero-order valence-corrected chi connectivity index (χ0v) is 8.08. The standard InChI is InChI=1S/C11H16O2/c1-4-6-11(7-5-2)8-9(3)10(12)13-11/h4-5,9H,1-2,6-8H2,3H3. The molecule has 1 aliphatic heterocycles. The van der Waals surface area contributed by atoms with Gasteiger partial charge in [-0.1, -0.05) is 19.1 Å². The molecule has 1 atom stereocenters. The van der Waals surface area contributed by atoms with Crippen LogP contribution in [0, 0.1) is 5.92 Å². The molecule has 1 rings (SSSR count). The van der Waals surface area contributed by atoms with Gasteiger partial charge in [0.1, 0.15) is 5.60 Å². The molecular weight excluding hydrogens is 164 g/mol. The minimum absolute atomic E-state index is 0.0138. The largest absolute Gasteiger partial charge is 0.458 e. The molecule has 13 heavy (non-hydrogen) atoms. The molecule has 1 aliphatic rings. The van der Waals surface area contributed by atoms with E-state index in [-0.39, 0.29) is 17.5 Å². The highest BCUT2D eigenvalue weighted by Gasteiger charge is 2.42. The molecule has 0 radical (unpaired) electrons. The molecule has 0 saturated carbocycles. The Morgan fingerprint density at radius 1 is 1.54 bits per heavy atom. The minimum atomic E-state index is -0.347. The van der Waals surface area contributed by atoms with E-state index in [0.717, 1.165) is 19.3 Å². The molecule has 0 aromatic carbocycles. The van der Waals surface area contributed by atoms with Gasteiger partial charge in [-0.05, 0) is 0 Å². The summed E-state index contributed by atoms with van der Waals surface area (Å²) in [4.78, 5) is 11.2. The molecule has 1 saturated heterocycles. The first kappa shape index (κ1) is 10.0. The molecule has 0 aliphatic carbocycles. The lowest BCUT2D eigenvalue weighted by Crippen LogP contribution is -2.26. The van der Waals surface area contributed by atoms with Crippen LogP contribution in [0.1, 0.15) is 26.2 Å². The Hall–Kier alpha value is -1.05. The molecule has 0 bridgehead atoms. The fraction of sp³-hybridized carbons (Fsp3) is 0.545. The molecule has 2 heteroatoms. The highest BCUT2D eigenvalue weighted by atomic mass is 16.6. The lowest BCUT2D eigenvalue weighted by atomic mass is 9.89. The second-order valence-electron chi connectivity index (χ2n) is 3.69. The van der Waals surface area contributed by atoms with Crippen LogP contribution in [0.4, 0.5) is 0 Å². The Morgan fingerprint density at radius 2 is 2.08 bits per heavy atom. The Kier molecular flexibility index (Phi) is 2.91. The van der Waals surface area contributed by atoms with Gasteiger partial charge in [-0.15, -0.1) is 13.2 Å². The summed E-state index contributed by atoms with van der Waals surface area (Å²) in [7, 11) is 0. The van der Waals surface area contributed by atoms with Crippen molar-refractivity contribution in [1.82, 2.24) is 0 Å². The van der Waals surface area contributed by atoms with E-state index < -0.39 is 0 Å². The number of hydrogen-bond donors (Lipinski definition) is 0. The van der Waals surface area contributed by atoms with Crippen LogP contribution in [0.2, 0.25) is 0 Å². The number of hydrogen-bond acceptors (Lipinski definition) is 2. The Balaban J connectivity index is 2.74. The molecule has 2 nitrogen and oxygen atoms in total. The lowest BCUT2D eigenvalue weighted by Gasteiger charge is -2.24. The van der Waals surface area contributed by atoms with Crippen molar-refractivity contribution >= 4 is 5.97 Å². The van der Waals surface area contributed by atoms with Crippen molar-refractivity contribution in [3.63, 3.8) is 0 Å². The average Bonchev–Trinajstić information content (AvgIpc) is 2.29. The molecule has 0 spiro atoms. The van der Waals surface area contributed by atoms with Crippen molar-refractivity contribution < 1.29 is 9.53 Å². The first-order valence-electron chi connectivity index (χ1n) is 4.58. The molecule has 0 amide bonds. The van der Waals surface area contributed by atoms with Gasteiger partial charge in [0.05, 0.1) is 5.92 Å². The number of carbonyl (C=O) groups excluding carboxylic acids is 1. The number of carbonyl (C=O) groups is 1. The Bertz CT molecular complexity index is 220. The summed E-state index contributed by atoms with van der Waals surface area (Å²) in [5, 5.41) is 0. The SMILES string of the molecule is C=CCC1(CC=C)CC(C)C(=O)O1. The molecule has 0 aromatic rings. The predicted molar refractivity (Wildman–Crippen MR) is 52.2 cm³/mol. The smallest absolute Gasteiger partial charge is 0.309 e. The first-order chi connectivity index (χ1) is 6.13. The molecule has 1 heterocycles. The second-order valence-corrected chi connectivity index (χ2v) is 3.69. The molecule has 0 aromatic heterocycles. The van der Waals surface area contributed by atoms with Crippen molar-refractivity contribution in [2.24, 2.45) is 5.92 Å². The van der Waals surface area contributed by atoms with Gasteiger partial charge in [0.2, 0.25) is 0 Å². The predicted octanol–water partition coefficient (Wildman–Crippen LogP) is 2.46. The van der Waals surface area contributed by atoms with E-state index in [0.29, 0.717) is 0 Å². The van der Waals surface area contributed by atoms with Crippen LogP contribution in [0.15, 0.2) is 25.3 Å². The van der Waals surface area contributed by atoms with Crippen molar-refractivity contribution in [1.29, 1.82) is 0 Å². The first-order valence-corrected chi connectivity index (χ1v) is 4.58. The molecule has 1 fully saturated rings. The highest BCUT2D eigenvalue weighted by Crippen LogP contribution is 2.37. The van der Waals surface area contributed by atoms with Gasteiger partial charge >= 0.3 is 5.97 Å². The highest BCUT2D eigenvalue weighted by molar-refractivity contribution is 5.75. The third kappa shape index (κ3) is 2.00. The van der Waals surface area contributed by atoms with Crippen LogP contribution in [-0.2, 0) is 9.53 Å². The average molecular weight is 180 g/mol. The van der Waals surface area contributed by atoms with Crippen LogP contribution >= 0.6 is 0 Å². The maximum Gasteiger partial charge on any atom is 0.309 e. The van der Waals surface area contributed by atoms with E-state index in [2.05, 4.69) is 13.2 Å². The van der Waals surface area contributed by atoms with E-state index >= 15 is 0 Å². The summed E-state index contributed by atoms with van der Waals surface area (Å²) in [6.45, 7) is 9.25. The number of cyclic esters (lactones) is 1. The van der Waals surface area contributed by atoms with E-state index in [9.17, 15) is 4.79 Å². The van der Waals surface area contributed by atoms with Gasteiger partial charge in [0.25, 0.3) is 0 Å². The van der Waals surface area contributed by atoms with E-state index in [1.807, 2.05) is 6.92 Å². The summed E-state index contributed by atoms with van der Waals surface area (Å²) in [5.74, 6) is -0.0800. The third-order valence-electron chi connectivity index (χ3n) is 2.43. The van der Waals surface area contributed by atoms with Gasteiger partial charge in [0, 0.05) is 19.3 Å². The topological polar surface area (TPSA) is 26.3 Å². The number of ether oxygens (including phenoxy) is 1. The van der Waals surface area contributed by atoms with Crippen molar-refractivity contribution in [2.75, 3.05) is 0 Å². The fourth-order valence-corrected chi connectivity index (χ4v) is 1.86. The van der Waals surface area contributed by atoms with Gasteiger partial charge < -0.3 is 4.74 Å². The van der Waals surface area contributed by atoms with E-state index in [4.69, 9.17) is 4.74 Å². The van der Waals surface area contributed by atoms with E-state index in [1.165, 1.54) is 0 Å². The summed E-state index contributed by atoms with van der Waals surface area (Å²) in [5.41, 5.74) is -0.347. The van der Waals surface area contributed by atoms with Crippen LogP contribution in [-0.4, -0.2) is 11.6 Å². The quantitative estimate of drug-likeness (QED) is 0.490. The zero-order valence-electron chi connectivity index (χ0n) is 8.08. The van der Waals surface area contributed by atoms with Crippen molar-refractivity contribution in [2.45, 2.75) is 31.8 Å². The van der Waals surface area contributed by atoms with Crippen LogP contribution in [0.25, 0.3) is 0 Å². The van der Waals surface area contributed by atoms with Crippen LogP contribution in [0.3, 0.4) is 0 Å². The Labute approximate surface area is 79.3 Å². The van der Waals surface area contributed by atoms with Crippen LogP contribution < -0.4 is 0 Å². The van der Waals surface area contributed by atoms with Gasteiger partial charge in [-0.3, -0.25) is 4.79 Å². The molecular formula is C11H16O2. The van der Waals surface area contributed by atoms with E-state index in [1.54, 1.807) is 12.2 Å². The third-order valence-corrected chi connectivity index (χ3v) is 2.43. The minimum Gasteiger partial charge on any atom is -0.458 e. The lowest BCUT2D eigenvalue weighted by molar-refractivity contribution is -0.149. The summed E-state index contributed by atoms with van der Waals surface area (Å²) >= 11 is 0. The Morgan fingerprint density at radius 3 is 2.38 bits per heavy atom. The van der Waals surface area contributed by atoms with Gasteiger partial charge in [-0.25, -0.2) is 0 Å². The molecule has 0 N–H and O–H groups in total. The molecule has 72 valence electrons. The van der Waals surface area contributed by atoms with Crippen molar-refractivity contribution in [3.8, 4) is 0 Å². The van der Waals surface area contributed by atoms with Crippen molar-refractivity contribution in [3.05, 3.63) is 25.3 Å².